The first-order valence-electron chi connectivity index (χ1n) is 22.9. The van der Waals surface area contributed by atoms with Gasteiger partial charge < -0.3 is 12.8 Å². The molecule has 0 atom stereocenters. The predicted octanol–water partition coefficient (Wildman–Crippen LogP) is 13.7. The van der Waals surface area contributed by atoms with Crippen molar-refractivity contribution in [3.05, 3.63) is 279 Å². The maximum Gasteiger partial charge on any atom is 1.00 e. The van der Waals surface area contributed by atoms with E-state index >= 15 is 0 Å². The van der Waals surface area contributed by atoms with E-state index in [4.69, 9.17) is 12.8 Å². The Labute approximate surface area is 444 Å². The fraction of sp³-hybridized carbons (Fsp3) is 0. The Morgan fingerprint density at radius 2 is 0.529 bits per heavy atom. The minimum absolute atomic E-state index is 0. The zero-order chi connectivity index (χ0) is 45.8. The third-order valence-electron chi connectivity index (χ3n) is 13.0. The van der Waals surface area contributed by atoms with Crippen LogP contribution in [0.3, 0.4) is 0 Å². The Morgan fingerprint density at radius 1 is 0.257 bits per heavy atom. The average molecular weight is 1290 g/mol. The predicted molar refractivity (Wildman–Crippen MR) is 299 cm³/mol. The van der Waals surface area contributed by atoms with E-state index in [2.05, 4.69) is 254 Å². The van der Waals surface area contributed by atoms with Gasteiger partial charge in [0, 0.05) is 0 Å². The molecule has 13 rings (SSSR count). The van der Waals surface area contributed by atoms with E-state index in [0.29, 0.717) is 0 Å². The molecule has 0 heterocycles. The number of hydrogen-bond donors (Lipinski definition) is 0. The maximum atomic E-state index is 7.48. The van der Waals surface area contributed by atoms with Crippen LogP contribution in [0.2, 0.25) is 0 Å². The molecular formula is C66H44Au2P2+2. The van der Waals surface area contributed by atoms with Gasteiger partial charge >= 0.3 is 44.8 Å². The van der Waals surface area contributed by atoms with E-state index < -0.39 is 15.8 Å². The summed E-state index contributed by atoms with van der Waals surface area (Å²) in [6.07, 6.45) is 15.0. The summed E-state index contributed by atoms with van der Waals surface area (Å²) in [6, 6.07) is 91.3. The van der Waals surface area contributed by atoms with Crippen molar-refractivity contribution in [3.63, 3.8) is 0 Å². The average Bonchev–Trinajstić information content (AvgIpc) is 3.41. The van der Waals surface area contributed by atoms with Crippen molar-refractivity contribution in [2.24, 2.45) is 0 Å². The minimum Gasteiger partial charge on any atom is -0.366 e. The summed E-state index contributed by atoms with van der Waals surface area (Å²) in [5.41, 5.74) is 1.73. The molecule has 0 bridgehead atoms. The molecule has 70 heavy (non-hydrogen) atoms. The van der Waals surface area contributed by atoms with Crippen molar-refractivity contribution >= 4 is 112 Å². The molecule has 0 aliphatic rings. The molecular weight excluding hydrogens is 1250 g/mol. The SMILES string of the molecule is [Au+].[Au+].[C-]#Cc1cc2cccc3ccc4cccc1c4c32.[C-]#Cc1cc2cccc3ccc4cccc1c4c32.c1ccc([PH+](c2ccccc2)c2ccccc2[PH+](c2ccccc2)c2ccccc2)cc1. The second-order valence-corrected chi connectivity index (χ2v) is 21.8. The van der Waals surface area contributed by atoms with Crippen molar-refractivity contribution in [1.82, 2.24) is 0 Å². The summed E-state index contributed by atoms with van der Waals surface area (Å²) < 4.78 is 0. The molecule has 13 aromatic rings. The minimum atomic E-state index is -1.14. The third-order valence-corrected chi connectivity index (χ3v) is 18.8. The summed E-state index contributed by atoms with van der Waals surface area (Å²) in [7, 11) is -2.28. The Bertz CT molecular complexity index is 3600. The summed E-state index contributed by atoms with van der Waals surface area (Å²) >= 11 is 0. The Morgan fingerprint density at radius 3 is 0.843 bits per heavy atom. The van der Waals surface area contributed by atoms with Crippen molar-refractivity contribution in [2.45, 2.75) is 0 Å². The van der Waals surface area contributed by atoms with Crippen molar-refractivity contribution < 1.29 is 44.8 Å². The molecule has 0 unspecified atom stereocenters. The van der Waals surface area contributed by atoms with E-state index in [1.165, 1.54) is 85.7 Å². The van der Waals surface area contributed by atoms with Gasteiger partial charge in [-0.15, -0.1) is 23.3 Å². The van der Waals surface area contributed by atoms with Gasteiger partial charge in [0.15, 0.2) is 0 Å². The summed E-state index contributed by atoms with van der Waals surface area (Å²) in [5, 5.41) is 23.4. The quantitative estimate of drug-likeness (QED) is 0.0512. The molecule has 0 spiro atoms. The van der Waals surface area contributed by atoms with Crippen LogP contribution in [0, 0.1) is 24.7 Å². The molecule has 0 aliphatic heterocycles. The number of benzene rings is 13. The zero-order valence-electron chi connectivity index (χ0n) is 37.9. The Balaban J connectivity index is 0.000000137. The topological polar surface area (TPSA) is 0 Å². The van der Waals surface area contributed by atoms with E-state index in [9.17, 15) is 0 Å². The first-order valence-corrected chi connectivity index (χ1v) is 25.9. The van der Waals surface area contributed by atoms with Crippen LogP contribution in [0.4, 0.5) is 0 Å². The molecule has 0 fully saturated rings. The molecule has 0 saturated carbocycles. The maximum absolute atomic E-state index is 7.48. The molecule has 0 N–H and O–H groups in total. The number of hydrogen-bond acceptors (Lipinski definition) is 0. The van der Waals surface area contributed by atoms with Crippen molar-refractivity contribution in [1.29, 1.82) is 0 Å². The molecule has 0 aromatic heterocycles. The fourth-order valence-corrected chi connectivity index (χ4v) is 16.0. The van der Waals surface area contributed by atoms with E-state index in [1.807, 2.05) is 12.1 Å². The molecule has 0 amide bonds. The van der Waals surface area contributed by atoms with Gasteiger partial charge in [0.05, 0.1) is 0 Å². The van der Waals surface area contributed by atoms with Crippen LogP contribution in [-0.2, 0) is 44.8 Å². The first kappa shape index (κ1) is 48.4. The monoisotopic (exact) mass is 1290 g/mol. The molecule has 4 heteroatoms. The van der Waals surface area contributed by atoms with Gasteiger partial charge in [-0.1, -0.05) is 193 Å². The third kappa shape index (κ3) is 9.40. The van der Waals surface area contributed by atoms with Gasteiger partial charge in [0.25, 0.3) is 0 Å². The van der Waals surface area contributed by atoms with Crippen LogP contribution in [0.15, 0.2) is 255 Å². The smallest absolute Gasteiger partial charge is 0.366 e. The first-order chi connectivity index (χ1) is 33.7. The van der Waals surface area contributed by atoms with E-state index in [-0.39, 0.29) is 44.8 Å². The van der Waals surface area contributed by atoms with Gasteiger partial charge in [-0.05, 0) is 115 Å². The normalized spacial score (nSPS) is 10.9. The van der Waals surface area contributed by atoms with Crippen LogP contribution < -0.4 is 31.8 Å². The second kappa shape index (κ2) is 22.0. The zero-order valence-corrected chi connectivity index (χ0v) is 44.2. The van der Waals surface area contributed by atoms with Gasteiger partial charge in [0.1, 0.15) is 47.7 Å². The van der Waals surface area contributed by atoms with Gasteiger partial charge in [-0.2, -0.15) is 0 Å². The largest absolute Gasteiger partial charge is 1.00 e. The fourth-order valence-electron chi connectivity index (χ4n) is 10.0. The van der Waals surface area contributed by atoms with E-state index in [0.717, 1.165) is 21.9 Å². The van der Waals surface area contributed by atoms with Crippen LogP contribution >= 0.6 is 15.8 Å². The van der Waals surface area contributed by atoms with Crippen LogP contribution in [0.1, 0.15) is 11.1 Å². The molecule has 0 saturated heterocycles. The van der Waals surface area contributed by atoms with Crippen LogP contribution in [-0.4, -0.2) is 0 Å². The molecule has 0 aliphatic carbocycles. The summed E-state index contributed by atoms with van der Waals surface area (Å²) in [4.78, 5) is 0. The van der Waals surface area contributed by atoms with Gasteiger partial charge in [0.2, 0.25) is 0 Å². The van der Waals surface area contributed by atoms with Crippen molar-refractivity contribution in [2.75, 3.05) is 0 Å². The van der Waals surface area contributed by atoms with Crippen molar-refractivity contribution in [3.8, 4) is 11.8 Å². The number of rotatable bonds is 6. The van der Waals surface area contributed by atoms with Gasteiger partial charge in [-0.3, -0.25) is 11.8 Å². The summed E-state index contributed by atoms with van der Waals surface area (Å²) in [6.45, 7) is 0. The standard InChI is InChI=1S/C30H24P2.2C18H9.2Au/c1-5-15-25(16-6-1)31(26-17-7-2-8-18-26)29-23-13-14-24-30(29)32(27-19-9-3-10-20-27)28-21-11-4-12-22-28;2*1-2-12-11-15-7-3-5-13-9-10-14-6-4-8-16(12)18(14)17(13)15;;/h1-24H;2*3-11H;;/q;2*-1;2*+1/p+2. The Kier molecular flexibility index (Phi) is 15.2. The Hall–Kier alpha value is -6.60. The van der Waals surface area contributed by atoms with E-state index in [1.54, 1.807) is 0 Å². The summed E-state index contributed by atoms with van der Waals surface area (Å²) in [5.74, 6) is 5.12. The second-order valence-electron chi connectivity index (χ2n) is 17.0. The molecule has 0 nitrogen and oxygen atoms in total. The van der Waals surface area contributed by atoms with Crippen LogP contribution in [0.5, 0.6) is 0 Å². The van der Waals surface area contributed by atoms with Crippen LogP contribution in [0.25, 0.3) is 64.6 Å². The van der Waals surface area contributed by atoms with Gasteiger partial charge in [-0.25, -0.2) is 0 Å². The molecule has 338 valence electrons. The molecule has 13 aromatic carbocycles. The molecule has 0 radical (unpaired) electrons.